The standard InChI is InChI=1S/C16H21N3O2/c1-11-6-5-7-12(8-11)9-19(4)15(20)13-10-21-18-14(13)16(2,3)17/h5-8,10H,9,17H2,1-4H3. The molecule has 1 aromatic carbocycles. The number of nitrogens with two attached hydrogens (primary N) is 1. The van der Waals surface area contributed by atoms with Gasteiger partial charge in [-0.25, -0.2) is 0 Å². The number of hydrogen-bond acceptors (Lipinski definition) is 4. The third-order valence-corrected chi connectivity index (χ3v) is 3.26. The van der Waals surface area contributed by atoms with Crippen molar-refractivity contribution in [2.45, 2.75) is 32.9 Å². The van der Waals surface area contributed by atoms with E-state index in [1.807, 2.05) is 25.1 Å². The highest BCUT2D eigenvalue weighted by Crippen LogP contribution is 2.21. The van der Waals surface area contributed by atoms with Crippen LogP contribution in [0.5, 0.6) is 0 Å². The molecular weight excluding hydrogens is 266 g/mol. The smallest absolute Gasteiger partial charge is 0.259 e. The van der Waals surface area contributed by atoms with E-state index in [1.165, 1.54) is 11.8 Å². The monoisotopic (exact) mass is 287 g/mol. The first-order valence-electron chi connectivity index (χ1n) is 6.84. The topological polar surface area (TPSA) is 72.4 Å². The largest absolute Gasteiger partial charge is 0.364 e. The lowest BCUT2D eigenvalue weighted by molar-refractivity contribution is 0.0782. The van der Waals surface area contributed by atoms with Gasteiger partial charge in [-0.05, 0) is 26.3 Å². The van der Waals surface area contributed by atoms with Gasteiger partial charge >= 0.3 is 0 Å². The van der Waals surface area contributed by atoms with Crippen LogP contribution >= 0.6 is 0 Å². The Morgan fingerprint density at radius 3 is 2.76 bits per heavy atom. The van der Waals surface area contributed by atoms with Gasteiger partial charge in [0.05, 0.1) is 5.54 Å². The van der Waals surface area contributed by atoms with Crippen LogP contribution in [0, 0.1) is 6.92 Å². The van der Waals surface area contributed by atoms with E-state index in [4.69, 9.17) is 10.3 Å². The Morgan fingerprint density at radius 2 is 2.14 bits per heavy atom. The number of carbonyl (C=O) groups excluding carboxylic acids is 1. The molecule has 21 heavy (non-hydrogen) atoms. The van der Waals surface area contributed by atoms with E-state index in [0.717, 1.165) is 5.56 Å². The van der Waals surface area contributed by atoms with Crippen LogP contribution in [0.1, 0.15) is 41.0 Å². The van der Waals surface area contributed by atoms with Gasteiger partial charge in [-0.3, -0.25) is 4.79 Å². The maximum atomic E-state index is 12.5. The molecule has 0 atom stereocenters. The van der Waals surface area contributed by atoms with Crippen LogP contribution < -0.4 is 5.73 Å². The number of aromatic nitrogens is 1. The minimum atomic E-state index is -0.720. The molecule has 2 rings (SSSR count). The summed E-state index contributed by atoms with van der Waals surface area (Å²) < 4.78 is 4.94. The zero-order chi connectivity index (χ0) is 15.6. The van der Waals surface area contributed by atoms with E-state index in [2.05, 4.69) is 11.2 Å². The van der Waals surface area contributed by atoms with Gasteiger partial charge in [0.15, 0.2) is 0 Å². The molecule has 1 amide bonds. The molecule has 5 nitrogen and oxygen atoms in total. The molecule has 0 radical (unpaired) electrons. The molecule has 0 unspecified atom stereocenters. The Bertz CT molecular complexity index is 641. The Morgan fingerprint density at radius 1 is 1.43 bits per heavy atom. The molecule has 1 aromatic heterocycles. The number of rotatable bonds is 4. The van der Waals surface area contributed by atoms with E-state index in [1.54, 1.807) is 25.8 Å². The Labute approximate surface area is 124 Å². The van der Waals surface area contributed by atoms with Crippen LogP contribution in [0.3, 0.4) is 0 Å². The summed E-state index contributed by atoms with van der Waals surface area (Å²) in [6.07, 6.45) is 1.36. The van der Waals surface area contributed by atoms with E-state index < -0.39 is 5.54 Å². The lowest BCUT2D eigenvalue weighted by Crippen LogP contribution is -2.34. The summed E-state index contributed by atoms with van der Waals surface area (Å²) in [4.78, 5) is 14.2. The van der Waals surface area contributed by atoms with Crippen LogP contribution in [0.15, 0.2) is 35.1 Å². The predicted octanol–water partition coefficient (Wildman–Crippen LogP) is 2.45. The fraction of sp³-hybridized carbons (Fsp3) is 0.375. The van der Waals surface area contributed by atoms with Gasteiger partial charge < -0.3 is 15.2 Å². The van der Waals surface area contributed by atoms with E-state index in [-0.39, 0.29) is 5.91 Å². The molecule has 1 heterocycles. The highest BCUT2D eigenvalue weighted by Gasteiger charge is 2.28. The first-order valence-corrected chi connectivity index (χ1v) is 6.84. The zero-order valence-electron chi connectivity index (χ0n) is 12.9. The Hall–Kier alpha value is -2.14. The first kappa shape index (κ1) is 15.3. The average molecular weight is 287 g/mol. The summed E-state index contributed by atoms with van der Waals surface area (Å²) in [7, 11) is 1.75. The van der Waals surface area contributed by atoms with E-state index >= 15 is 0 Å². The minimum Gasteiger partial charge on any atom is -0.364 e. The molecule has 2 N–H and O–H groups in total. The maximum absolute atomic E-state index is 12.5. The van der Waals surface area contributed by atoms with E-state index in [9.17, 15) is 4.79 Å². The molecule has 0 aliphatic rings. The molecule has 0 aliphatic carbocycles. The average Bonchev–Trinajstić information content (AvgIpc) is 2.86. The molecule has 0 saturated heterocycles. The molecule has 0 bridgehead atoms. The van der Waals surface area contributed by atoms with Gasteiger partial charge in [0.25, 0.3) is 5.91 Å². The minimum absolute atomic E-state index is 0.147. The van der Waals surface area contributed by atoms with Crippen molar-refractivity contribution in [3.8, 4) is 0 Å². The molecule has 5 heteroatoms. The number of benzene rings is 1. The van der Waals surface area contributed by atoms with Crippen LogP contribution in [-0.4, -0.2) is 23.0 Å². The molecular formula is C16H21N3O2. The van der Waals surface area contributed by atoms with Gasteiger partial charge in [0.1, 0.15) is 17.5 Å². The normalized spacial score (nSPS) is 11.5. The molecule has 0 aliphatic heterocycles. The van der Waals surface area contributed by atoms with Crippen molar-refractivity contribution in [2.24, 2.45) is 5.73 Å². The first-order chi connectivity index (χ1) is 9.79. The number of amides is 1. The van der Waals surface area contributed by atoms with E-state index in [0.29, 0.717) is 17.8 Å². The van der Waals surface area contributed by atoms with Crippen molar-refractivity contribution in [3.63, 3.8) is 0 Å². The lowest BCUT2D eigenvalue weighted by Gasteiger charge is -2.20. The van der Waals surface area contributed by atoms with Crippen molar-refractivity contribution >= 4 is 5.91 Å². The lowest BCUT2D eigenvalue weighted by atomic mass is 9.98. The second-order valence-electron chi connectivity index (χ2n) is 5.95. The third kappa shape index (κ3) is 3.49. The summed E-state index contributed by atoms with van der Waals surface area (Å²) in [5, 5.41) is 3.86. The van der Waals surface area contributed by atoms with Crippen LogP contribution in [0.2, 0.25) is 0 Å². The summed E-state index contributed by atoms with van der Waals surface area (Å²) >= 11 is 0. The second kappa shape index (κ2) is 5.69. The zero-order valence-corrected chi connectivity index (χ0v) is 12.9. The SMILES string of the molecule is Cc1cccc(CN(C)C(=O)c2conc2C(C)(C)N)c1. The molecule has 2 aromatic rings. The van der Waals surface area contributed by atoms with Gasteiger partial charge in [-0.2, -0.15) is 0 Å². The Kier molecular flexibility index (Phi) is 4.14. The Balaban J connectivity index is 2.19. The fourth-order valence-corrected chi connectivity index (χ4v) is 2.21. The number of nitrogens with zero attached hydrogens (tertiary/aromatic N) is 2. The van der Waals surface area contributed by atoms with Crippen molar-refractivity contribution in [1.29, 1.82) is 0 Å². The molecule has 0 spiro atoms. The summed E-state index contributed by atoms with van der Waals surface area (Å²) in [5.41, 5.74) is 8.44. The number of aryl methyl sites for hydroxylation is 1. The van der Waals surface area contributed by atoms with Crippen LogP contribution in [-0.2, 0) is 12.1 Å². The second-order valence-corrected chi connectivity index (χ2v) is 5.95. The van der Waals surface area contributed by atoms with Crippen molar-refractivity contribution in [2.75, 3.05) is 7.05 Å². The van der Waals surface area contributed by atoms with Gasteiger partial charge in [-0.1, -0.05) is 35.0 Å². The summed E-state index contributed by atoms with van der Waals surface area (Å²) in [6, 6.07) is 8.07. The van der Waals surface area contributed by atoms with Gasteiger partial charge in [0, 0.05) is 13.6 Å². The van der Waals surface area contributed by atoms with Crippen molar-refractivity contribution in [1.82, 2.24) is 10.1 Å². The molecule has 0 fully saturated rings. The quantitative estimate of drug-likeness (QED) is 0.937. The third-order valence-electron chi connectivity index (χ3n) is 3.26. The van der Waals surface area contributed by atoms with Gasteiger partial charge in [-0.15, -0.1) is 0 Å². The highest BCUT2D eigenvalue weighted by atomic mass is 16.5. The number of hydrogen-bond donors (Lipinski definition) is 1. The molecule has 112 valence electrons. The van der Waals surface area contributed by atoms with Crippen LogP contribution in [0.4, 0.5) is 0 Å². The summed E-state index contributed by atoms with van der Waals surface area (Å²) in [6.45, 7) is 6.14. The van der Waals surface area contributed by atoms with Crippen molar-refractivity contribution in [3.05, 3.63) is 52.9 Å². The van der Waals surface area contributed by atoms with Crippen molar-refractivity contribution < 1.29 is 9.32 Å². The number of carbonyl (C=O) groups is 1. The summed E-state index contributed by atoms with van der Waals surface area (Å²) in [5.74, 6) is -0.147. The predicted molar refractivity (Wildman–Crippen MR) is 80.7 cm³/mol. The highest BCUT2D eigenvalue weighted by molar-refractivity contribution is 5.95. The fourth-order valence-electron chi connectivity index (χ4n) is 2.21. The van der Waals surface area contributed by atoms with Crippen LogP contribution in [0.25, 0.3) is 0 Å². The van der Waals surface area contributed by atoms with Gasteiger partial charge in [0.2, 0.25) is 0 Å². The molecule has 0 saturated carbocycles. The maximum Gasteiger partial charge on any atom is 0.259 e.